The number of carbonyl (C=O) groups excluding carboxylic acids is 1. The Morgan fingerprint density at radius 3 is 2.55 bits per heavy atom. The lowest BCUT2D eigenvalue weighted by atomic mass is 9.89. The lowest BCUT2D eigenvalue weighted by molar-refractivity contribution is -0.172. The van der Waals surface area contributed by atoms with Crippen LogP contribution in [0.15, 0.2) is 48.7 Å². The molecule has 1 aromatic carbocycles. The number of likely N-dealkylation sites (tertiary alicyclic amines) is 1. The molecule has 0 N–H and O–H groups in total. The maximum Gasteiger partial charge on any atom is 0.249 e. The number of carbonyl (C=O) groups is 1. The average Bonchev–Trinajstić information content (AvgIpc) is 2.73. The summed E-state index contributed by atoms with van der Waals surface area (Å²) >= 11 is 5.91. The third-order valence-electron chi connectivity index (χ3n) is 5.80. The molecule has 2 aromatic rings. The number of amides is 1. The summed E-state index contributed by atoms with van der Waals surface area (Å²) in [5, 5.41) is 0.608. The zero-order valence-corrected chi connectivity index (χ0v) is 18.0. The zero-order valence-electron chi connectivity index (χ0n) is 16.4. The van der Waals surface area contributed by atoms with Gasteiger partial charge in [-0.3, -0.25) is 9.78 Å². The fourth-order valence-electron chi connectivity index (χ4n) is 4.05. The van der Waals surface area contributed by atoms with Gasteiger partial charge in [-0.1, -0.05) is 41.9 Å². The Morgan fingerprint density at radius 1 is 1.10 bits per heavy atom. The summed E-state index contributed by atoms with van der Waals surface area (Å²) in [4.78, 5) is 21.1. The zero-order chi connectivity index (χ0) is 19.4. The van der Waals surface area contributed by atoms with Gasteiger partial charge >= 0.3 is 0 Å². The maximum absolute atomic E-state index is 12.4. The molecule has 4 rings (SSSR count). The highest BCUT2D eigenvalue weighted by atomic mass is 35.5. The summed E-state index contributed by atoms with van der Waals surface area (Å²) in [7, 11) is 0. The van der Waals surface area contributed by atoms with Gasteiger partial charge in [-0.05, 0) is 37.0 Å². The molecule has 1 amide bonds. The molecule has 0 saturated carbocycles. The molecule has 0 radical (unpaired) electrons. The van der Waals surface area contributed by atoms with Crippen LogP contribution in [0.25, 0.3) is 0 Å². The highest BCUT2D eigenvalue weighted by Gasteiger charge is 2.42. The lowest BCUT2D eigenvalue weighted by Gasteiger charge is -2.47. The molecule has 2 saturated heterocycles. The Hall–Kier alpha value is -1.66. The van der Waals surface area contributed by atoms with Gasteiger partial charge in [-0.25, -0.2) is 0 Å². The van der Waals surface area contributed by atoms with Crippen molar-refractivity contribution in [2.45, 2.75) is 31.4 Å². The van der Waals surface area contributed by atoms with Crippen LogP contribution in [-0.4, -0.2) is 59.1 Å². The molecular formula is C22H27Cl2N3O2. The topological polar surface area (TPSA) is 45.7 Å². The van der Waals surface area contributed by atoms with E-state index in [1.54, 1.807) is 6.20 Å². The minimum absolute atomic E-state index is 0. The molecule has 0 atom stereocenters. The molecule has 5 nitrogen and oxygen atoms in total. The molecule has 7 heteroatoms. The normalized spacial score (nSPS) is 19.2. The van der Waals surface area contributed by atoms with E-state index in [0.29, 0.717) is 18.1 Å². The monoisotopic (exact) mass is 435 g/mol. The lowest BCUT2D eigenvalue weighted by Crippen LogP contribution is -2.58. The number of hydrogen-bond acceptors (Lipinski definition) is 4. The van der Waals surface area contributed by atoms with Crippen molar-refractivity contribution in [1.29, 1.82) is 0 Å². The fraction of sp³-hybridized carbons (Fsp3) is 0.455. The van der Waals surface area contributed by atoms with Crippen molar-refractivity contribution in [1.82, 2.24) is 14.8 Å². The van der Waals surface area contributed by atoms with E-state index in [9.17, 15) is 4.79 Å². The molecule has 0 unspecified atom stereocenters. The standard InChI is InChI=1S/C22H26ClN3O2.ClH/c23-19-6-7-20(24-14-19)15-26-17-22(28-16-21(26)27)9-12-25(13-10-22)11-8-18-4-2-1-3-5-18;/h1-7,14H,8-13,15-17H2;1H. The van der Waals surface area contributed by atoms with Gasteiger partial charge in [0, 0.05) is 25.8 Å². The van der Waals surface area contributed by atoms with Crippen LogP contribution < -0.4 is 0 Å². The van der Waals surface area contributed by atoms with Crippen LogP contribution in [0.1, 0.15) is 24.1 Å². The van der Waals surface area contributed by atoms with Crippen LogP contribution in [0.3, 0.4) is 0 Å². The van der Waals surface area contributed by atoms with Crippen molar-refractivity contribution in [2.75, 3.05) is 32.8 Å². The third-order valence-corrected chi connectivity index (χ3v) is 6.03. The summed E-state index contributed by atoms with van der Waals surface area (Å²) in [6, 6.07) is 14.3. The van der Waals surface area contributed by atoms with Gasteiger partial charge in [-0.2, -0.15) is 0 Å². The first-order valence-corrected chi connectivity index (χ1v) is 10.3. The van der Waals surface area contributed by atoms with Crippen molar-refractivity contribution in [3.8, 4) is 0 Å². The second-order valence-corrected chi connectivity index (χ2v) is 8.20. The maximum atomic E-state index is 12.4. The molecule has 1 aromatic heterocycles. The smallest absolute Gasteiger partial charge is 0.249 e. The molecule has 2 aliphatic rings. The van der Waals surface area contributed by atoms with Crippen LogP contribution in [0.2, 0.25) is 5.02 Å². The quantitative estimate of drug-likeness (QED) is 0.719. The van der Waals surface area contributed by atoms with Gasteiger partial charge in [0.1, 0.15) is 6.61 Å². The Kier molecular flexibility index (Phi) is 7.52. The first-order chi connectivity index (χ1) is 13.6. The summed E-state index contributed by atoms with van der Waals surface area (Å²) in [6.07, 6.45) is 4.61. The average molecular weight is 436 g/mol. The highest BCUT2D eigenvalue weighted by Crippen LogP contribution is 2.31. The first kappa shape index (κ1) is 22.0. The van der Waals surface area contributed by atoms with E-state index < -0.39 is 0 Å². The van der Waals surface area contributed by atoms with Gasteiger partial charge in [0.15, 0.2) is 0 Å². The van der Waals surface area contributed by atoms with Crippen molar-refractivity contribution in [3.63, 3.8) is 0 Å². The fourth-order valence-corrected chi connectivity index (χ4v) is 4.16. The van der Waals surface area contributed by atoms with Crippen LogP contribution in [0.5, 0.6) is 0 Å². The largest absolute Gasteiger partial charge is 0.363 e. The number of pyridine rings is 1. The van der Waals surface area contributed by atoms with Gasteiger partial charge in [0.25, 0.3) is 0 Å². The number of morpholine rings is 1. The van der Waals surface area contributed by atoms with E-state index in [0.717, 1.165) is 44.6 Å². The summed E-state index contributed by atoms with van der Waals surface area (Å²) < 4.78 is 6.06. The Balaban J connectivity index is 0.00000240. The highest BCUT2D eigenvalue weighted by molar-refractivity contribution is 6.30. The third kappa shape index (κ3) is 5.70. The van der Waals surface area contributed by atoms with Crippen LogP contribution >= 0.6 is 24.0 Å². The summed E-state index contributed by atoms with van der Waals surface area (Å²) in [5.74, 6) is 0.0360. The number of nitrogens with zero attached hydrogens (tertiary/aromatic N) is 3. The molecule has 0 bridgehead atoms. The Morgan fingerprint density at radius 2 is 1.86 bits per heavy atom. The predicted molar refractivity (Wildman–Crippen MR) is 116 cm³/mol. The van der Waals surface area contributed by atoms with Crippen molar-refractivity contribution in [2.24, 2.45) is 0 Å². The van der Waals surface area contributed by atoms with E-state index in [1.165, 1.54) is 5.56 Å². The van der Waals surface area contributed by atoms with Crippen LogP contribution in [0, 0.1) is 0 Å². The SMILES string of the molecule is Cl.O=C1COC2(CCN(CCc3ccccc3)CC2)CN1Cc1ccc(Cl)cn1. The Bertz CT molecular complexity index is 793. The van der Waals surface area contributed by atoms with E-state index in [1.807, 2.05) is 17.0 Å². The summed E-state index contributed by atoms with van der Waals surface area (Å²) in [6.45, 7) is 4.40. The van der Waals surface area contributed by atoms with Crippen molar-refractivity contribution < 1.29 is 9.53 Å². The van der Waals surface area contributed by atoms with Gasteiger partial charge in [-0.15, -0.1) is 12.4 Å². The number of hydrogen-bond donors (Lipinski definition) is 0. The van der Waals surface area contributed by atoms with Crippen LogP contribution in [-0.2, 0) is 22.5 Å². The number of aromatic nitrogens is 1. The van der Waals surface area contributed by atoms with Crippen molar-refractivity contribution in [3.05, 3.63) is 64.9 Å². The van der Waals surface area contributed by atoms with Crippen LogP contribution in [0.4, 0.5) is 0 Å². The second-order valence-electron chi connectivity index (χ2n) is 7.77. The molecule has 1 spiro atoms. The number of halogens is 2. The Labute approximate surface area is 183 Å². The summed E-state index contributed by atoms with van der Waals surface area (Å²) in [5.41, 5.74) is 2.02. The second kappa shape index (κ2) is 9.90. The number of piperidine rings is 1. The molecule has 156 valence electrons. The molecule has 2 aliphatic heterocycles. The minimum atomic E-state index is -0.219. The molecule has 2 fully saturated rings. The van der Waals surface area contributed by atoms with Gasteiger partial charge < -0.3 is 14.5 Å². The van der Waals surface area contributed by atoms with E-state index >= 15 is 0 Å². The number of benzene rings is 1. The molecule has 3 heterocycles. The molecule has 29 heavy (non-hydrogen) atoms. The molecule has 0 aliphatic carbocycles. The van der Waals surface area contributed by atoms with Crippen molar-refractivity contribution >= 4 is 29.9 Å². The van der Waals surface area contributed by atoms with E-state index in [4.69, 9.17) is 16.3 Å². The number of rotatable bonds is 5. The predicted octanol–water partition coefficient (Wildman–Crippen LogP) is 3.59. The van der Waals surface area contributed by atoms with Gasteiger partial charge in [0.2, 0.25) is 5.91 Å². The van der Waals surface area contributed by atoms with E-state index in [-0.39, 0.29) is 30.5 Å². The number of ether oxygens (including phenoxy) is 1. The molecular weight excluding hydrogens is 409 g/mol. The van der Waals surface area contributed by atoms with Gasteiger partial charge in [0.05, 0.1) is 29.4 Å². The first-order valence-electron chi connectivity index (χ1n) is 9.90. The minimum Gasteiger partial charge on any atom is -0.363 e. The van der Waals surface area contributed by atoms with E-state index in [2.05, 4.69) is 40.2 Å².